The maximum atomic E-state index is 15.4. The molecule has 0 spiro atoms. The summed E-state index contributed by atoms with van der Waals surface area (Å²) in [5, 5.41) is 14.5. The van der Waals surface area contributed by atoms with Crippen molar-refractivity contribution in [2.24, 2.45) is 68.1 Å². The number of nitrogens with one attached hydrogen (secondary N) is 3. The fraction of sp³-hybridized carbons (Fsp3) is 0.787. The van der Waals surface area contributed by atoms with Crippen molar-refractivity contribution in [3.8, 4) is 0 Å². The molecule has 2 aliphatic carbocycles. The van der Waals surface area contributed by atoms with E-state index in [0.717, 1.165) is 62.2 Å². The van der Waals surface area contributed by atoms with Crippen molar-refractivity contribution < 1.29 is 38.8 Å². The highest BCUT2D eigenvalue weighted by Crippen LogP contribution is 2.52. The van der Waals surface area contributed by atoms with Gasteiger partial charge in [0, 0.05) is 35.8 Å². The molecule has 2 saturated carbocycles. The van der Waals surface area contributed by atoms with Crippen LogP contribution in [0.15, 0.2) is 21.8 Å². The van der Waals surface area contributed by atoms with Crippen molar-refractivity contribution >= 4 is 65.0 Å². The molecule has 5 unspecified atom stereocenters. The van der Waals surface area contributed by atoms with Crippen LogP contribution < -0.4 is 10.6 Å². The van der Waals surface area contributed by atoms with E-state index in [-0.39, 0.29) is 110 Å². The average molecular weight is 1080 g/mol. The molecule has 4 N–H and O–H groups in total. The number of allylic oxidation sites excluding steroid dienone is 1. The van der Waals surface area contributed by atoms with Gasteiger partial charge in [-0.05, 0) is 138 Å². The SMILES string of the molecule is CCCSC(C)C(=O)NC1=NC(=Cc2[nH]c(NC(=O)CCCCSCCCOO)c(C(=O)OC3C(C(C)(C)C)CC(C)CC3C(C)(C)C)c2C(C)C)C(C(C)C)=C1C(=O)OC1C(C(C)(C)C)CC(C)CC1C(C)(C)C. The lowest BCUT2D eigenvalue weighted by Crippen LogP contribution is -2.50. The number of H-pyrrole nitrogens is 1. The fourth-order valence-electron chi connectivity index (χ4n) is 11.9. The van der Waals surface area contributed by atoms with Crippen LogP contribution >= 0.6 is 23.5 Å². The van der Waals surface area contributed by atoms with Gasteiger partial charge in [0.15, 0.2) is 0 Å². The zero-order chi connectivity index (χ0) is 56.5. The number of aromatic nitrogens is 1. The summed E-state index contributed by atoms with van der Waals surface area (Å²) in [4.78, 5) is 71.6. The Labute approximate surface area is 462 Å². The number of amidine groups is 1. The van der Waals surface area contributed by atoms with E-state index in [0.29, 0.717) is 47.4 Å². The highest BCUT2D eigenvalue weighted by molar-refractivity contribution is 8.00. The quantitative estimate of drug-likeness (QED) is 0.0402. The van der Waals surface area contributed by atoms with Gasteiger partial charge in [0.1, 0.15) is 35.0 Å². The monoisotopic (exact) mass is 1080 g/mol. The van der Waals surface area contributed by atoms with Crippen molar-refractivity contribution in [2.45, 2.75) is 220 Å². The standard InChI is InChI=1S/C61H102N4O8S2/c1-21-27-75-39(8)55(67)65-54-50(57(69)73-52-42(60(15,16)17)32-38(7)33-43(52)61(18,19)20)48(36(4)5)45(63-54)34-44-47(35(2)3)49(53(62-44)64-46(66)25-22-23-28-74-29-24-26-71-70)56(68)72-51-40(58(9,10)11)30-37(6)31-41(51)59(12,13)14/h34-43,51-52,62,70H,21-33H2,1-20H3,(H,64,66)(H,63,65,67). The van der Waals surface area contributed by atoms with E-state index in [9.17, 15) is 9.59 Å². The molecule has 2 fully saturated rings. The average Bonchev–Trinajstić information content (AvgIpc) is 3.83. The molecule has 2 heterocycles. The summed E-state index contributed by atoms with van der Waals surface area (Å²) in [6.45, 7) is 43.8. The third-order valence-corrected chi connectivity index (χ3v) is 18.5. The molecule has 2 amide bonds. The number of nitrogens with zero attached hydrogens (tertiary/aromatic N) is 1. The van der Waals surface area contributed by atoms with Gasteiger partial charge in [0.05, 0.1) is 17.6 Å². The van der Waals surface area contributed by atoms with Crippen molar-refractivity contribution in [3.05, 3.63) is 33.7 Å². The minimum Gasteiger partial charge on any atom is -0.458 e. The topological polar surface area (TPSA) is 168 Å². The van der Waals surface area contributed by atoms with E-state index in [1.165, 1.54) is 0 Å². The number of aliphatic imine (C=N–C) groups is 1. The molecule has 75 heavy (non-hydrogen) atoms. The molecule has 0 saturated heterocycles. The highest BCUT2D eigenvalue weighted by atomic mass is 32.2. The number of hydrogen-bond donors (Lipinski definition) is 4. The number of ether oxygens (including phenoxy) is 2. The highest BCUT2D eigenvalue weighted by Gasteiger charge is 2.50. The predicted octanol–water partition coefficient (Wildman–Crippen LogP) is 15.2. The minimum atomic E-state index is -0.507. The van der Waals surface area contributed by atoms with Crippen molar-refractivity contribution in [2.75, 3.05) is 29.2 Å². The summed E-state index contributed by atoms with van der Waals surface area (Å²) in [6, 6.07) is 0. The molecule has 1 aromatic rings. The van der Waals surface area contributed by atoms with E-state index < -0.39 is 17.2 Å². The Morgan fingerprint density at radius 1 is 0.707 bits per heavy atom. The summed E-state index contributed by atoms with van der Waals surface area (Å²) >= 11 is 3.31. The summed E-state index contributed by atoms with van der Waals surface area (Å²) in [6.07, 6.45) is 8.24. The first-order valence-corrected chi connectivity index (χ1v) is 30.7. The molecule has 0 radical (unpaired) electrons. The van der Waals surface area contributed by atoms with Gasteiger partial charge in [-0.3, -0.25) is 14.8 Å². The number of rotatable bonds is 21. The Bertz CT molecular complexity index is 2150. The summed E-state index contributed by atoms with van der Waals surface area (Å²) in [7, 11) is 0. The smallest absolute Gasteiger partial charge is 0.342 e. The zero-order valence-electron chi connectivity index (χ0n) is 50.2. The Morgan fingerprint density at radius 3 is 1.65 bits per heavy atom. The lowest BCUT2D eigenvalue weighted by molar-refractivity contribution is -0.241. The van der Waals surface area contributed by atoms with Crippen LogP contribution in [0.25, 0.3) is 6.08 Å². The van der Waals surface area contributed by atoms with Crippen LogP contribution in [0.1, 0.15) is 224 Å². The number of anilines is 1. The number of unbranched alkanes of at least 4 members (excludes halogenated alkanes) is 1. The van der Waals surface area contributed by atoms with Gasteiger partial charge in [-0.15, -0.1) is 11.8 Å². The van der Waals surface area contributed by atoms with Crippen LogP contribution in [0.5, 0.6) is 0 Å². The largest absolute Gasteiger partial charge is 0.458 e. The van der Waals surface area contributed by atoms with Crippen molar-refractivity contribution in [1.82, 2.24) is 10.3 Å². The van der Waals surface area contributed by atoms with Crippen LogP contribution in [-0.2, 0) is 28.7 Å². The number of amides is 2. The van der Waals surface area contributed by atoms with E-state index in [1.807, 2.05) is 40.7 Å². The third-order valence-electron chi connectivity index (χ3n) is 16.0. The first-order chi connectivity index (χ1) is 34.7. The first kappa shape index (κ1) is 64.5. The molecular formula is C61H102N4O8S2. The van der Waals surface area contributed by atoms with Crippen LogP contribution in [0.4, 0.5) is 5.82 Å². The second kappa shape index (κ2) is 27.2. The van der Waals surface area contributed by atoms with Gasteiger partial charge >= 0.3 is 11.9 Å². The van der Waals surface area contributed by atoms with Crippen LogP contribution in [0.2, 0.25) is 0 Å². The lowest BCUT2D eigenvalue weighted by atomic mass is 9.59. The minimum absolute atomic E-state index is 0.0971. The van der Waals surface area contributed by atoms with Crippen LogP contribution in [-0.4, -0.2) is 81.2 Å². The molecule has 4 rings (SSSR count). The molecule has 14 heteroatoms. The molecule has 0 bridgehead atoms. The molecule has 12 nitrogen and oxygen atoms in total. The van der Waals surface area contributed by atoms with Crippen LogP contribution in [0.3, 0.4) is 0 Å². The van der Waals surface area contributed by atoms with Gasteiger partial charge in [0.25, 0.3) is 0 Å². The fourth-order valence-corrected chi connectivity index (χ4v) is 13.6. The Kier molecular flexibility index (Phi) is 23.4. The molecule has 1 aliphatic heterocycles. The van der Waals surface area contributed by atoms with Crippen LogP contribution in [0, 0.1) is 63.1 Å². The van der Waals surface area contributed by atoms with Gasteiger partial charge < -0.3 is 25.1 Å². The normalized spacial score (nSPS) is 24.9. The van der Waals surface area contributed by atoms with Gasteiger partial charge in [-0.25, -0.2) is 19.5 Å². The number of hydrogen-bond acceptors (Lipinski definition) is 11. The third kappa shape index (κ3) is 17.5. The first-order valence-electron chi connectivity index (χ1n) is 28.5. The van der Waals surface area contributed by atoms with E-state index in [4.69, 9.17) is 19.7 Å². The number of carbonyl (C=O) groups is 4. The van der Waals surface area contributed by atoms with E-state index in [2.05, 4.69) is 124 Å². The molecule has 3 aliphatic rings. The second-order valence-electron chi connectivity index (χ2n) is 27.4. The summed E-state index contributed by atoms with van der Waals surface area (Å²) < 4.78 is 13.8. The summed E-state index contributed by atoms with van der Waals surface area (Å²) in [5.41, 5.74) is 2.27. The zero-order valence-corrected chi connectivity index (χ0v) is 51.8. The van der Waals surface area contributed by atoms with E-state index >= 15 is 9.59 Å². The lowest BCUT2D eigenvalue weighted by Gasteiger charge is -2.50. The number of carbonyl (C=O) groups excluding carboxylic acids is 4. The molecule has 0 aromatic carbocycles. The van der Waals surface area contributed by atoms with Gasteiger partial charge in [0.2, 0.25) is 11.8 Å². The summed E-state index contributed by atoms with van der Waals surface area (Å²) in [5.74, 6) is 2.32. The van der Waals surface area contributed by atoms with Gasteiger partial charge in [-0.1, -0.05) is 132 Å². The number of aromatic amines is 1. The van der Waals surface area contributed by atoms with Crippen molar-refractivity contribution in [3.63, 3.8) is 0 Å². The van der Waals surface area contributed by atoms with Gasteiger partial charge in [-0.2, -0.15) is 11.8 Å². The molecule has 426 valence electrons. The Morgan fingerprint density at radius 2 is 1.20 bits per heavy atom. The maximum Gasteiger partial charge on any atom is 0.342 e. The molecular weight excluding hydrogens is 981 g/mol. The van der Waals surface area contributed by atoms with Crippen molar-refractivity contribution in [1.29, 1.82) is 0 Å². The molecule has 5 atom stereocenters. The second-order valence-corrected chi connectivity index (χ2v) is 30.1. The molecule has 1 aromatic heterocycles. The predicted molar refractivity (Wildman–Crippen MR) is 313 cm³/mol. The Balaban J connectivity index is 1.95. The Hall–Kier alpha value is -3.07. The maximum absolute atomic E-state index is 15.4. The number of thioether (sulfide) groups is 2. The number of esters is 2. The van der Waals surface area contributed by atoms with E-state index in [1.54, 1.807) is 23.5 Å².